The van der Waals surface area contributed by atoms with Gasteiger partial charge in [0.2, 0.25) is 5.91 Å². The van der Waals surface area contributed by atoms with Crippen molar-refractivity contribution in [1.29, 1.82) is 0 Å². The summed E-state index contributed by atoms with van der Waals surface area (Å²) in [5, 5.41) is 2.67. The van der Waals surface area contributed by atoms with Crippen molar-refractivity contribution < 1.29 is 9.59 Å². The summed E-state index contributed by atoms with van der Waals surface area (Å²) < 4.78 is 0. The topological polar surface area (TPSA) is 49.4 Å². The second-order valence-corrected chi connectivity index (χ2v) is 5.23. The Hall–Kier alpha value is -1.55. The van der Waals surface area contributed by atoms with Crippen LogP contribution < -0.4 is 5.32 Å². The molecule has 1 saturated heterocycles. The fourth-order valence-electron chi connectivity index (χ4n) is 2.31. The van der Waals surface area contributed by atoms with E-state index in [2.05, 4.69) is 5.32 Å². The third-order valence-electron chi connectivity index (χ3n) is 3.45. The molecule has 0 aliphatic carbocycles. The van der Waals surface area contributed by atoms with Gasteiger partial charge in [0.05, 0.1) is 6.54 Å². The predicted molar refractivity (Wildman–Crippen MR) is 78.8 cm³/mol. The van der Waals surface area contributed by atoms with Crippen molar-refractivity contribution in [2.75, 3.05) is 19.6 Å². The van der Waals surface area contributed by atoms with Gasteiger partial charge >= 0.3 is 0 Å². The van der Waals surface area contributed by atoms with Crippen molar-refractivity contribution in [1.82, 2.24) is 10.2 Å². The van der Waals surface area contributed by atoms with Crippen molar-refractivity contribution in [3.63, 3.8) is 0 Å². The summed E-state index contributed by atoms with van der Waals surface area (Å²) in [6.07, 6.45) is 3.29. The molecule has 5 heteroatoms. The number of benzene rings is 1. The van der Waals surface area contributed by atoms with Crippen LogP contribution in [0.1, 0.15) is 35.2 Å². The first-order chi connectivity index (χ1) is 9.70. The van der Waals surface area contributed by atoms with E-state index in [4.69, 9.17) is 11.6 Å². The number of alkyl halides is 1. The summed E-state index contributed by atoms with van der Waals surface area (Å²) in [7, 11) is 0. The quantitative estimate of drug-likeness (QED) is 0.865. The number of hydrogen-bond donors (Lipinski definition) is 1. The number of likely N-dealkylation sites (tertiary alicyclic amines) is 1. The number of carbonyl (C=O) groups excluding carboxylic acids is 2. The summed E-state index contributed by atoms with van der Waals surface area (Å²) in [4.78, 5) is 25.7. The number of halogens is 1. The molecule has 0 saturated carbocycles. The van der Waals surface area contributed by atoms with Gasteiger partial charge in [0.15, 0.2) is 0 Å². The molecular formula is C15H19ClN2O2. The molecule has 2 amide bonds. The Bertz CT molecular complexity index is 485. The molecule has 0 spiro atoms. The van der Waals surface area contributed by atoms with E-state index in [1.807, 2.05) is 11.0 Å². The largest absolute Gasteiger partial charge is 0.343 e. The maximum atomic E-state index is 12.0. The molecule has 1 N–H and O–H groups in total. The van der Waals surface area contributed by atoms with E-state index in [9.17, 15) is 9.59 Å². The average molecular weight is 295 g/mol. The number of amides is 2. The van der Waals surface area contributed by atoms with Crippen LogP contribution in [-0.2, 0) is 10.7 Å². The maximum Gasteiger partial charge on any atom is 0.251 e. The molecule has 1 aromatic carbocycles. The second kappa shape index (κ2) is 7.29. The van der Waals surface area contributed by atoms with Gasteiger partial charge in [-0.2, -0.15) is 0 Å². The summed E-state index contributed by atoms with van der Waals surface area (Å²) >= 11 is 5.74. The van der Waals surface area contributed by atoms with Crippen molar-refractivity contribution in [2.24, 2.45) is 0 Å². The van der Waals surface area contributed by atoms with Crippen LogP contribution >= 0.6 is 11.6 Å². The monoisotopic (exact) mass is 294 g/mol. The molecular weight excluding hydrogens is 276 g/mol. The minimum atomic E-state index is -0.234. The predicted octanol–water partition coefficient (Wildman–Crippen LogP) is 2.17. The van der Waals surface area contributed by atoms with Crippen LogP contribution in [0.4, 0.5) is 0 Å². The minimum Gasteiger partial charge on any atom is -0.343 e. The van der Waals surface area contributed by atoms with Gasteiger partial charge in [-0.25, -0.2) is 0 Å². The van der Waals surface area contributed by atoms with E-state index in [1.54, 1.807) is 18.2 Å². The lowest BCUT2D eigenvalue weighted by atomic mass is 10.1. The van der Waals surface area contributed by atoms with Gasteiger partial charge in [-0.15, -0.1) is 11.6 Å². The number of hydrogen-bond acceptors (Lipinski definition) is 2. The van der Waals surface area contributed by atoms with Gasteiger partial charge in [-0.1, -0.05) is 12.1 Å². The molecule has 2 rings (SSSR count). The standard InChI is InChI=1S/C15H19ClN2O2/c16-10-12-5-4-6-13(9-12)15(20)17-11-14(19)18-7-2-1-3-8-18/h4-6,9H,1-3,7-8,10-11H2,(H,17,20). The molecule has 20 heavy (non-hydrogen) atoms. The molecule has 0 aromatic heterocycles. The smallest absolute Gasteiger partial charge is 0.251 e. The highest BCUT2D eigenvalue weighted by atomic mass is 35.5. The lowest BCUT2D eigenvalue weighted by Gasteiger charge is -2.26. The number of rotatable bonds is 4. The molecule has 108 valence electrons. The van der Waals surface area contributed by atoms with Gasteiger partial charge in [0, 0.05) is 24.5 Å². The molecule has 1 aliphatic heterocycles. The number of piperidine rings is 1. The lowest BCUT2D eigenvalue weighted by Crippen LogP contribution is -2.42. The lowest BCUT2D eigenvalue weighted by molar-refractivity contribution is -0.130. The first-order valence-corrected chi connectivity index (χ1v) is 7.45. The summed E-state index contributed by atoms with van der Waals surface area (Å²) in [5.74, 6) is 0.127. The molecule has 1 aromatic rings. The molecule has 4 nitrogen and oxygen atoms in total. The van der Waals surface area contributed by atoms with E-state index in [0.717, 1.165) is 31.5 Å². The van der Waals surface area contributed by atoms with Gasteiger partial charge in [0.1, 0.15) is 0 Å². The van der Waals surface area contributed by atoms with Crippen LogP contribution in [0.25, 0.3) is 0 Å². The molecule has 0 unspecified atom stereocenters. The van der Waals surface area contributed by atoms with Crippen molar-refractivity contribution in [3.8, 4) is 0 Å². The van der Waals surface area contributed by atoms with Crippen LogP contribution in [0.2, 0.25) is 0 Å². The Morgan fingerprint density at radius 3 is 2.65 bits per heavy atom. The Kier molecular flexibility index (Phi) is 5.41. The molecule has 0 bridgehead atoms. The zero-order chi connectivity index (χ0) is 14.4. The first-order valence-electron chi connectivity index (χ1n) is 6.91. The Morgan fingerprint density at radius 1 is 1.20 bits per heavy atom. The summed E-state index contributed by atoms with van der Waals surface area (Å²) in [6, 6.07) is 7.12. The van der Waals surface area contributed by atoms with Crippen LogP contribution in [0.15, 0.2) is 24.3 Å². The first kappa shape index (κ1) is 14.9. The Balaban J connectivity index is 1.86. The maximum absolute atomic E-state index is 12.0. The van der Waals surface area contributed by atoms with Crippen LogP contribution in [0.3, 0.4) is 0 Å². The zero-order valence-electron chi connectivity index (χ0n) is 11.4. The summed E-state index contributed by atoms with van der Waals surface area (Å²) in [6.45, 7) is 1.66. The van der Waals surface area contributed by atoms with E-state index in [0.29, 0.717) is 11.4 Å². The Morgan fingerprint density at radius 2 is 1.95 bits per heavy atom. The van der Waals surface area contributed by atoms with Crippen molar-refractivity contribution in [2.45, 2.75) is 25.1 Å². The summed E-state index contributed by atoms with van der Waals surface area (Å²) in [5.41, 5.74) is 1.43. The highest BCUT2D eigenvalue weighted by Crippen LogP contribution is 2.09. The normalized spacial score (nSPS) is 14.9. The highest BCUT2D eigenvalue weighted by Gasteiger charge is 2.17. The van der Waals surface area contributed by atoms with Crippen LogP contribution in [0, 0.1) is 0 Å². The highest BCUT2D eigenvalue weighted by molar-refractivity contribution is 6.17. The molecule has 0 atom stereocenters. The van der Waals surface area contributed by atoms with Crippen molar-refractivity contribution in [3.05, 3.63) is 35.4 Å². The van der Waals surface area contributed by atoms with Gasteiger partial charge in [0.25, 0.3) is 5.91 Å². The van der Waals surface area contributed by atoms with E-state index in [-0.39, 0.29) is 18.4 Å². The molecule has 0 radical (unpaired) electrons. The average Bonchev–Trinajstić information content (AvgIpc) is 2.53. The fourth-order valence-corrected chi connectivity index (χ4v) is 2.47. The van der Waals surface area contributed by atoms with E-state index < -0.39 is 0 Å². The van der Waals surface area contributed by atoms with Gasteiger partial charge in [-0.3, -0.25) is 9.59 Å². The van der Waals surface area contributed by atoms with E-state index in [1.165, 1.54) is 6.42 Å². The molecule has 1 heterocycles. The third kappa shape index (κ3) is 3.97. The zero-order valence-corrected chi connectivity index (χ0v) is 12.2. The molecule has 1 fully saturated rings. The second-order valence-electron chi connectivity index (χ2n) is 4.96. The van der Waals surface area contributed by atoms with Gasteiger partial charge < -0.3 is 10.2 Å². The fraction of sp³-hybridized carbons (Fsp3) is 0.467. The SMILES string of the molecule is O=C(NCC(=O)N1CCCCC1)c1cccc(CCl)c1. The third-order valence-corrected chi connectivity index (χ3v) is 3.76. The minimum absolute atomic E-state index is 0.00783. The van der Waals surface area contributed by atoms with Gasteiger partial charge in [-0.05, 0) is 37.0 Å². The number of carbonyl (C=O) groups is 2. The molecule has 1 aliphatic rings. The van der Waals surface area contributed by atoms with Crippen molar-refractivity contribution >= 4 is 23.4 Å². The van der Waals surface area contributed by atoms with Crippen LogP contribution in [0.5, 0.6) is 0 Å². The Labute approximate surface area is 124 Å². The van der Waals surface area contributed by atoms with E-state index >= 15 is 0 Å². The number of nitrogens with one attached hydrogen (secondary N) is 1. The number of nitrogens with zero attached hydrogens (tertiary/aromatic N) is 1. The van der Waals surface area contributed by atoms with Crippen LogP contribution in [-0.4, -0.2) is 36.3 Å².